The second-order valence-corrected chi connectivity index (χ2v) is 5.85. The molecule has 2 aromatic carbocycles. The first kappa shape index (κ1) is 15.9. The van der Waals surface area contributed by atoms with Crippen molar-refractivity contribution >= 4 is 11.9 Å². The molecule has 0 spiro atoms. The Hall–Kier alpha value is -3.02. The highest BCUT2D eigenvalue weighted by Gasteiger charge is 2.45. The zero-order valence-corrected chi connectivity index (χ0v) is 13.1. The third-order valence-electron chi connectivity index (χ3n) is 4.31. The first-order valence-electron chi connectivity index (χ1n) is 7.45. The van der Waals surface area contributed by atoms with Crippen molar-refractivity contribution in [2.45, 2.75) is 18.4 Å². The van der Waals surface area contributed by atoms with Crippen LogP contribution in [-0.4, -0.2) is 34.7 Å². The molecule has 0 unspecified atom stereocenters. The molecule has 1 amide bonds. The van der Waals surface area contributed by atoms with Gasteiger partial charge >= 0.3 is 5.97 Å². The molecule has 6 nitrogen and oxygen atoms in total. The summed E-state index contributed by atoms with van der Waals surface area (Å²) in [5.74, 6) is -1.56. The predicted molar refractivity (Wildman–Crippen MR) is 86.3 cm³/mol. The van der Waals surface area contributed by atoms with E-state index in [0.717, 1.165) is 11.1 Å². The van der Waals surface area contributed by atoms with Crippen LogP contribution in [0.15, 0.2) is 42.5 Å². The molecule has 2 aromatic rings. The van der Waals surface area contributed by atoms with Gasteiger partial charge in [-0.1, -0.05) is 24.3 Å². The molecule has 0 fully saturated rings. The summed E-state index contributed by atoms with van der Waals surface area (Å²) in [6.07, 6.45) is 0.457. The highest BCUT2D eigenvalue weighted by atomic mass is 16.5. The number of ether oxygens (including phenoxy) is 1. The Bertz CT molecular complexity index is 790. The van der Waals surface area contributed by atoms with Gasteiger partial charge in [0.15, 0.2) is 11.5 Å². The number of carbonyl (C=O) groups is 2. The first-order chi connectivity index (χ1) is 11.4. The molecule has 0 aromatic heterocycles. The zero-order chi connectivity index (χ0) is 17.3. The van der Waals surface area contributed by atoms with Crippen molar-refractivity contribution in [3.63, 3.8) is 0 Å². The minimum absolute atomic E-state index is 0.171. The maximum atomic E-state index is 12.5. The van der Waals surface area contributed by atoms with Gasteiger partial charge in [-0.3, -0.25) is 4.79 Å². The lowest BCUT2D eigenvalue weighted by Gasteiger charge is -2.25. The number of hydrogen-bond acceptors (Lipinski definition) is 4. The summed E-state index contributed by atoms with van der Waals surface area (Å²) >= 11 is 0. The molecule has 1 aliphatic rings. The molecular weight excluding hydrogens is 310 g/mol. The second kappa shape index (κ2) is 5.88. The lowest BCUT2D eigenvalue weighted by molar-refractivity contribution is -0.144. The Morgan fingerprint density at radius 1 is 1.12 bits per heavy atom. The van der Waals surface area contributed by atoms with Gasteiger partial charge in [0.1, 0.15) is 5.54 Å². The minimum Gasteiger partial charge on any atom is -0.504 e. The van der Waals surface area contributed by atoms with Crippen LogP contribution in [0.2, 0.25) is 0 Å². The third-order valence-corrected chi connectivity index (χ3v) is 4.31. The van der Waals surface area contributed by atoms with E-state index in [1.807, 2.05) is 24.3 Å². The Labute approximate surface area is 138 Å². The summed E-state index contributed by atoms with van der Waals surface area (Å²) in [5, 5.41) is 22.1. The summed E-state index contributed by atoms with van der Waals surface area (Å²) in [7, 11) is 1.41. The van der Waals surface area contributed by atoms with E-state index in [9.17, 15) is 19.8 Å². The molecular formula is C18H17NO5. The lowest BCUT2D eigenvalue weighted by Crippen LogP contribution is -2.55. The minimum atomic E-state index is -1.38. The molecule has 1 aliphatic carbocycles. The maximum Gasteiger partial charge on any atom is 0.330 e. The molecule has 0 heterocycles. The number of carbonyl (C=O) groups excluding carboxylic acids is 1. The third kappa shape index (κ3) is 2.67. The van der Waals surface area contributed by atoms with Crippen LogP contribution in [-0.2, 0) is 17.6 Å². The van der Waals surface area contributed by atoms with Crippen LogP contribution < -0.4 is 10.1 Å². The van der Waals surface area contributed by atoms with E-state index in [0.29, 0.717) is 0 Å². The van der Waals surface area contributed by atoms with Crippen LogP contribution in [0, 0.1) is 0 Å². The lowest BCUT2D eigenvalue weighted by atomic mass is 9.95. The monoisotopic (exact) mass is 327 g/mol. The van der Waals surface area contributed by atoms with Crippen molar-refractivity contribution in [2.75, 3.05) is 7.11 Å². The fourth-order valence-corrected chi connectivity index (χ4v) is 3.03. The van der Waals surface area contributed by atoms with Crippen molar-refractivity contribution < 1.29 is 24.5 Å². The van der Waals surface area contributed by atoms with Gasteiger partial charge in [-0.2, -0.15) is 0 Å². The van der Waals surface area contributed by atoms with Crippen LogP contribution in [0.5, 0.6) is 11.5 Å². The number of carboxylic acids is 1. The largest absolute Gasteiger partial charge is 0.504 e. The number of carboxylic acid groups (broad SMARTS) is 1. The number of aliphatic carboxylic acids is 1. The molecule has 24 heavy (non-hydrogen) atoms. The van der Waals surface area contributed by atoms with Crippen LogP contribution in [0.4, 0.5) is 0 Å². The number of phenolic OH excluding ortho intramolecular Hbond substituents is 1. The molecule has 3 rings (SSSR count). The number of benzene rings is 2. The van der Waals surface area contributed by atoms with Crippen molar-refractivity contribution in [3.05, 3.63) is 59.2 Å². The molecule has 0 saturated heterocycles. The van der Waals surface area contributed by atoms with Gasteiger partial charge in [0.25, 0.3) is 5.91 Å². The van der Waals surface area contributed by atoms with Gasteiger partial charge < -0.3 is 20.3 Å². The predicted octanol–water partition coefficient (Wildman–Crippen LogP) is 1.75. The zero-order valence-electron chi connectivity index (χ0n) is 13.1. The Morgan fingerprint density at radius 2 is 1.75 bits per heavy atom. The summed E-state index contributed by atoms with van der Waals surface area (Å²) in [5.41, 5.74) is 0.622. The van der Waals surface area contributed by atoms with E-state index in [-0.39, 0.29) is 29.9 Å². The number of hydrogen-bond donors (Lipinski definition) is 3. The standard InChI is InChI=1S/C18H17NO5/c1-24-15-7-6-11(8-14(15)20)16(21)19-18(17(22)23)9-12-4-2-3-5-13(12)10-18/h2-8,20H,9-10H2,1H3,(H,19,21)(H,22,23). The number of phenols is 1. The average molecular weight is 327 g/mol. The number of amides is 1. The van der Waals surface area contributed by atoms with Gasteiger partial charge in [-0.05, 0) is 29.3 Å². The summed E-state index contributed by atoms with van der Waals surface area (Å²) in [6, 6.07) is 11.6. The van der Waals surface area contributed by atoms with Crippen molar-refractivity contribution in [1.29, 1.82) is 0 Å². The summed E-state index contributed by atoms with van der Waals surface area (Å²) in [4.78, 5) is 24.3. The van der Waals surface area contributed by atoms with E-state index in [4.69, 9.17) is 4.74 Å². The molecule has 6 heteroatoms. The van der Waals surface area contributed by atoms with Crippen molar-refractivity contribution in [3.8, 4) is 11.5 Å². The van der Waals surface area contributed by atoms with E-state index in [2.05, 4.69) is 5.32 Å². The Morgan fingerprint density at radius 3 is 2.25 bits per heavy atom. The van der Waals surface area contributed by atoms with Gasteiger partial charge in [0.05, 0.1) is 7.11 Å². The summed E-state index contributed by atoms with van der Waals surface area (Å²) in [6.45, 7) is 0. The maximum absolute atomic E-state index is 12.5. The van der Waals surface area contributed by atoms with Crippen molar-refractivity contribution in [2.24, 2.45) is 0 Å². The number of fused-ring (bicyclic) bond motifs is 1. The SMILES string of the molecule is COc1ccc(C(=O)NC2(C(=O)O)Cc3ccccc3C2)cc1O. The molecule has 0 radical (unpaired) electrons. The van der Waals surface area contributed by atoms with Gasteiger partial charge in [-0.15, -0.1) is 0 Å². The second-order valence-electron chi connectivity index (χ2n) is 5.85. The molecule has 0 saturated carbocycles. The Balaban J connectivity index is 1.86. The fraction of sp³-hybridized carbons (Fsp3) is 0.222. The van der Waals surface area contributed by atoms with E-state index >= 15 is 0 Å². The smallest absolute Gasteiger partial charge is 0.330 e. The average Bonchev–Trinajstić information content (AvgIpc) is 2.94. The van der Waals surface area contributed by atoms with Gasteiger partial charge in [-0.25, -0.2) is 4.79 Å². The van der Waals surface area contributed by atoms with Crippen LogP contribution in [0.25, 0.3) is 0 Å². The fourth-order valence-electron chi connectivity index (χ4n) is 3.03. The molecule has 124 valence electrons. The van der Waals surface area contributed by atoms with Gasteiger partial charge in [0.2, 0.25) is 0 Å². The number of aromatic hydroxyl groups is 1. The normalized spacial score (nSPS) is 14.7. The number of nitrogens with one attached hydrogen (secondary N) is 1. The van der Waals surface area contributed by atoms with Crippen LogP contribution >= 0.6 is 0 Å². The van der Waals surface area contributed by atoms with Crippen molar-refractivity contribution in [1.82, 2.24) is 5.32 Å². The van der Waals surface area contributed by atoms with Crippen LogP contribution in [0.1, 0.15) is 21.5 Å². The van der Waals surface area contributed by atoms with E-state index < -0.39 is 17.4 Å². The van der Waals surface area contributed by atoms with Gasteiger partial charge in [0, 0.05) is 18.4 Å². The number of rotatable bonds is 4. The molecule has 0 bridgehead atoms. The molecule has 3 N–H and O–H groups in total. The quantitative estimate of drug-likeness (QED) is 0.795. The molecule has 0 aliphatic heterocycles. The highest BCUT2D eigenvalue weighted by molar-refractivity contribution is 5.99. The topological polar surface area (TPSA) is 95.9 Å². The summed E-state index contributed by atoms with van der Waals surface area (Å²) < 4.78 is 4.94. The first-order valence-corrected chi connectivity index (χ1v) is 7.45. The number of methoxy groups -OCH3 is 1. The Kier molecular flexibility index (Phi) is 3.89. The van der Waals surface area contributed by atoms with Crippen LogP contribution in [0.3, 0.4) is 0 Å². The van der Waals surface area contributed by atoms with E-state index in [1.54, 1.807) is 0 Å². The highest BCUT2D eigenvalue weighted by Crippen LogP contribution is 2.31. The van der Waals surface area contributed by atoms with E-state index in [1.165, 1.54) is 25.3 Å². The molecule has 0 atom stereocenters.